The first-order chi connectivity index (χ1) is 18.5. The summed E-state index contributed by atoms with van der Waals surface area (Å²) < 4.78 is 38.4. The molecule has 0 bridgehead atoms. The first kappa shape index (κ1) is 31.8. The molecule has 0 unspecified atom stereocenters. The third kappa shape index (κ3) is 6.95. The zero-order chi connectivity index (χ0) is 28.3. The van der Waals surface area contributed by atoms with Crippen molar-refractivity contribution in [1.82, 2.24) is 0 Å². The topological polar surface area (TPSA) is 140 Å². The van der Waals surface area contributed by atoms with E-state index in [9.17, 15) is 22.9 Å². The molecule has 0 aliphatic carbocycles. The molecule has 0 spiro atoms. The Kier molecular flexibility index (Phi) is 10.6. The number of rotatable bonds is 8. The maximum Gasteiger partial charge on any atom is 1.00 e. The van der Waals surface area contributed by atoms with Crippen LogP contribution in [0.25, 0.3) is 10.8 Å². The van der Waals surface area contributed by atoms with Crippen molar-refractivity contribution in [3.05, 3.63) is 81.8 Å². The van der Waals surface area contributed by atoms with Crippen LogP contribution < -0.4 is 44.7 Å². The summed E-state index contributed by atoms with van der Waals surface area (Å²) in [5.74, 6) is -0.910. The van der Waals surface area contributed by atoms with E-state index in [4.69, 9.17) is 27.9 Å². The number of hydrogen-bond acceptors (Lipinski definition) is 7. The van der Waals surface area contributed by atoms with Crippen LogP contribution in [-0.2, 0) is 16.5 Å². The Balaban J connectivity index is 0.00000441. The Morgan fingerprint density at radius 1 is 1.02 bits per heavy atom. The van der Waals surface area contributed by atoms with Crippen LogP contribution in [0.5, 0.6) is 11.5 Å². The third-order valence-corrected chi connectivity index (χ3v) is 7.37. The molecule has 0 heterocycles. The summed E-state index contributed by atoms with van der Waals surface area (Å²) in [6.45, 7) is 4.04. The predicted octanol–water partition coefficient (Wildman–Crippen LogP) is 4.10. The number of anilines is 1. The minimum absolute atomic E-state index is 0. The van der Waals surface area contributed by atoms with Crippen LogP contribution in [0, 0.1) is 0 Å². The zero-order valence-electron chi connectivity index (χ0n) is 21.7. The minimum Gasteiger partial charge on any atom is -0.870 e. The van der Waals surface area contributed by atoms with Gasteiger partial charge < -0.3 is 15.2 Å². The van der Waals surface area contributed by atoms with Gasteiger partial charge in [-0.05, 0) is 60.7 Å². The van der Waals surface area contributed by atoms with Crippen molar-refractivity contribution in [3.63, 3.8) is 0 Å². The summed E-state index contributed by atoms with van der Waals surface area (Å²) in [7, 11) is -4.63. The molecule has 1 amide bonds. The molecule has 4 aromatic carbocycles. The molecule has 9 nitrogen and oxygen atoms in total. The average molecular weight is 610 g/mol. The number of benzene rings is 4. The molecule has 0 saturated carbocycles. The van der Waals surface area contributed by atoms with Crippen molar-refractivity contribution in [1.29, 1.82) is 0 Å². The second kappa shape index (κ2) is 13.3. The number of nitrogens with one attached hydrogen (secondary N) is 1. The van der Waals surface area contributed by atoms with E-state index in [-0.39, 0.29) is 51.5 Å². The van der Waals surface area contributed by atoms with E-state index in [1.807, 2.05) is 6.92 Å². The van der Waals surface area contributed by atoms with Gasteiger partial charge in [0.1, 0.15) is 10.6 Å². The van der Waals surface area contributed by atoms with Crippen molar-refractivity contribution < 1.29 is 57.2 Å². The fourth-order valence-corrected chi connectivity index (χ4v) is 5.17. The molecule has 2 N–H and O–H groups in total. The molecule has 0 atom stereocenters. The van der Waals surface area contributed by atoms with Gasteiger partial charge in [-0.25, -0.2) is 0 Å². The van der Waals surface area contributed by atoms with Gasteiger partial charge in [0.15, 0.2) is 0 Å². The van der Waals surface area contributed by atoms with Gasteiger partial charge in [0, 0.05) is 16.6 Å². The summed E-state index contributed by atoms with van der Waals surface area (Å²) in [6.07, 6.45) is 0.415. The number of halogens is 2. The van der Waals surface area contributed by atoms with E-state index in [1.54, 1.807) is 43.3 Å². The molecule has 0 fully saturated rings. The largest absolute Gasteiger partial charge is 1.00 e. The van der Waals surface area contributed by atoms with E-state index in [0.717, 1.165) is 6.07 Å². The van der Waals surface area contributed by atoms with Gasteiger partial charge in [0.05, 0.1) is 28.0 Å². The molecule has 4 aromatic rings. The first-order valence-electron chi connectivity index (χ1n) is 11.7. The van der Waals surface area contributed by atoms with Crippen LogP contribution in [-0.4, -0.2) is 25.5 Å². The number of azo groups is 1. The minimum atomic E-state index is -4.63. The van der Waals surface area contributed by atoms with Gasteiger partial charge in [0.2, 0.25) is 0 Å². The summed E-state index contributed by atoms with van der Waals surface area (Å²) in [4.78, 5) is 12.6. The van der Waals surface area contributed by atoms with Crippen LogP contribution in [0.1, 0.15) is 29.8 Å². The number of aryl methyl sites for hydroxylation is 1. The number of hydrogen-bond donors (Lipinski definition) is 2. The molecule has 0 saturated heterocycles. The monoisotopic (exact) mass is 609 g/mol. The Morgan fingerprint density at radius 2 is 1.75 bits per heavy atom. The summed E-state index contributed by atoms with van der Waals surface area (Å²) >= 11 is 12.2. The maximum absolute atomic E-state index is 13.5. The van der Waals surface area contributed by atoms with Crippen molar-refractivity contribution in [2.24, 2.45) is 10.2 Å². The van der Waals surface area contributed by atoms with E-state index in [2.05, 4.69) is 15.5 Å². The summed E-state index contributed by atoms with van der Waals surface area (Å²) in [5.41, 5.74) is 0.688. The molecular weight excluding hydrogens is 588 g/mol. The van der Waals surface area contributed by atoms with Gasteiger partial charge >= 0.3 is 29.6 Å². The molecule has 40 heavy (non-hydrogen) atoms. The van der Waals surface area contributed by atoms with Crippen molar-refractivity contribution in [3.8, 4) is 11.5 Å². The molecule has 0 radical (unpaired) electrons. The molecule has 4 rings (SSSR count). The quantitative estimate of drug-likeness (QED) is 0.175. The van der Waals surface area contributed by atoms with Gasteiger partial charge in [-0.3, -0.25) is 9.35 Å². The molecule has 0 aromatic heterocycles. The second-order valence-corrected chi connectivity index (χ2v) is 10.5. The van der Waals surface area contributed by atoms with Crippen LogP contribution in [0.15, 0.2) is 75.8 Å². The van der Waals surface area contributed by atoms with Crippen molar-refractivity contribution in [2.75, 3.05) is 11.9 Å². The molecule has 0 aliphatic rings. The molecular formula is C27H22Cl2N3NaO6S. The van der Waals surface area contributed by atoms with Gasteiger partial charge in [0.25, 0.3) is 16.0 Å². The van der Waals surface area contributed by atoms with Crippen LogP contribution in [0.2, 0.25) is 10.0 Å². The SMILES string of the molecule is CCOc1ccc(NC(=O)c2cc3ccccc3c(N=Nc3cc(S(=O)(=O)O)c(Cl)cc3CC)c2[O-])cc1Cl.[Na+]. The number of carbonyl (C=O) groups is 1. The van der Waals surface area contributed by atoms with Crippen LogP contribution >= 0.6 is 23.2 Å². The summed E-state index contributed by atoms with van der Waals surface area (Å²) in [5, 5.41) is 25.5. The molecule has 0 aliphatic heterocycles. The number of nitrogens with zero attached hydrogens (tertiary/aromatic N) is 2. The zero-order valence-corrected chi connectivity index (χ0v) is 26.1. The Morgan fingerprint density at radius 3 is 2.40 bits per heavy atom. The maximum atomic E-state index is 13.5. The number of fused-ring (bicyclic) bond motifs is 1. The Labute approximate surface area is 263 Å². The predicted molar refractivity (Wildman–Crippen MR) is 149 cm³/mol. The normalized spacial score (nSPS) is 11.4. The van der Waals surface area contributed by atoms with E-state index >= 15 is 0 Å². The standard InChI is InChI=1S/C27H23Cl2N3O6S.Na/c1-3-15-12-21(29)24(39(35,36)37)14-22(15)31-32-25-18-8-6-5-7-16(18)11-19(26(25)33)27(34)30-17-9-10-23(38-4-2)20(28)13-17;/h5-14,33H,3-4H2,1-2H3,(H,30,34)(H,35,36,37);/q;+1/p-1. The smallest absolute Gasteiger partial charge is 0.870 e. The Hall–Kier alpha value is -2.70. The first-order valence-corrected chi connectivity index (χ1v) is 13.9. The van der Waals surface area contributed by atoms with Gasteiger partial charge in [-0.15, -0.1) is 0 Å². The molecule has 13 heteroatoms. The average Bonchev–Trinajstić information content (AvgIpc) is 2.89. The second-order valence-electron chi connectivity index (χ2n) is 8.30. The number of ether oxygens (including phenoxy) is 1. The number of carbonyl (C=O) groups excluding carboxylic acids is 1. The fourth-order valence-electron chi connectivity index (χ4n) is 3.89. The molecule has 202 valence electrons. The van der Waals surface area contributed by atoms with Gasteiger partial charge in [-0.1, -0.05) is 60.1 Å². The third-order valence-electron chi connectivity index (χ3n) is 5.76. The van der Waals surface area contributed by atoms with Crippen molar-refractivity contribution in [2.45, 2.75) is 25.2 Å². The van der Waals surface area contributed by atoms with Crippen LogP contribution in [0.4, 0.5) is 17.1 Å². The Bertz CT molecular complexity index is 1730. The van der Waals surface area contributed by atoms with E-state index < -0.39 is 26.7 Å². The van der Waals surface area contributed by atoms with Crippen molar-refractivity contribution >= 4 is 67.1 Å². The van der Waals surface area contributed by atoms with Crippen LogP contribution in [0.3, 0.4) is 0 Å². The summed E-state index contributed by atoms with van der Waals surface area (Å²) in [6, 6.07) is 15.4. The fraction of sp³-hybridized carbons (Fsp3) is 0.148. The van der Waals surface area contributed by atoms with Gasteiger partial charge in [-0.2, -0.15) is 18.6 Å². The van der Waals surface area contributed by atoms with E-state index in [0.29, 0.717) is 45.8 Å². The van der Waals surface area contributed by atoms with E-state index in [1.165, 1.54) is 18.2 Å². The number of amides is 1.